The van der Waals surface area contributed by atoms with E-state index in [0.717, 1.165) is 16.5 Å². The van der Waals surface area contributed by atoms with Gasteiger partial charge in [-0.25, -0.2) is 4.79 Å². The number of furan rings is 1. The van der Waals surface area contributed by atoms with Gasteiger partial charge in [0.15, 0.2) is 0 Å². The molecule has 0 saturated heterocycles. The standard InChI is InChI=1S/C24H26BrN3O3/c1-2-14-27(24(30)26-22-13-7-6-12-21(22)25)18-23(29)28(17-20-11-8-15-31-20)16-19-9-4-3-5-10-19/h3-13,15H,2,14,16-18H2,1H3,(H,26,30). The molecule has 2 aromatic carbocycles. The van der Waals surface area contributed by atoms with Gasteiger partial charge in [-0.1, -0.05) is 49.4 Å². The molecule has 7 heteroatoms. The summed E-state index contributed by atoms with van der Waals surface area (Å²) in [7, 11) is 0. The highest BCUT2D eigenvalue weighted by molar-refractivity contribution is 9.10. The fraction of sp³-hybridized carbons (Fsp3) is 0.250. The van der Waals surface area contributed by atoms with Crippen molar-refractivity contribution in [1.29, 1.82) is 0 Å². The number of hydrogen-bond donors (Lipinski definition) is 1. The van der Waals surface area contributed by atoms with Crippen LogP contribution in [0.25, 0.3) is 0 Å². The number of rotatable bonds is 9. The summed E-state index contributed by atoms with van der Waals surface area (Å²) in [5, 5.41) is 2.89. The van der Waals surface area contributed by atoms with Gasteiger partial charge in [0, 0.05) is 17.6 Å². The van der Waals surface area contributed by atoms with E-state index in [4.69, 9.17) is 4.42 Å². The maximum atomic E-state index is 13.2. The first-order valence-electron chi connectivity index (χ1n) is 10.2. The van der Waals surface area contributed by atoms with Gasteiger partial charge in [-0.3, -0.25) is 4.79 Å². The fourth-order valence-electron chi connectivity index (χ4n) is 3.17. The van der Waals surface area contributed by atoms with Crippen LogP contribution in [-0.4, -0.2) is 34.8 Å². The van der Waals surface area contributed by atoms with Gasteiger partial charge in [0.25, 0.3) is 0 Å². The Morgan fingerprint density at radius 3 is 2.35 bits per heavy atom. The molecule has 0 atom stereocenters. The monoisotopic (exact) mass is 483 g/mol. The average molecular weight is 484 g/mol. The van der Waals surface area contributed by atoms with Crippen molar-refractivity contribution >= 4 is 33.6 Å². The summed E-state index contributed by atoms with van der Waals surface area (Å²) >= 11 is 3.44. The highest BCUT2D eigenvalue weighted by Crippen LogP contribution is 2.21. The van der Waals surface area contributed by atoms with Gasteiger partial charge in [-0.2, -0.15) is 0 Å². The lowest BCUT2D eigenvalue weighted by Crippen LogP contribution is -2.44. The van der Waals surface area contributed by atoms with Gasteiger partial charge >= 0.3 is 6.03 Å². The van der Waals surface area contributed by atoms with Crippen LogP contribution in [0.4, 0.5) is 10.5 Å². The second kappa shape index (κ2) is 11.4. The van der Waals surface area contributed by atoms with Gasteiger partial charge in [0.1, 0.15) is 12.3 Å². The molecule has 6 nitrogen and oxygen atoms in total. The molecular weight excluding hydrogens is 458 g/mol. The van der Waals surface area contributed by atoms with Crippen molar-refractivity contribution in [2.24, 2.45) is 0 Å². The van der Waals surface area contributed by atoms with E-state index in [2.05, 4.69) is 21.2 Å². The van der Waals surface area contributed by atoms with E-state index in [1.807, 2.05) is 67.6 Å². The number of carbonyl (C=O) groups excluding carboxylic acids is 2. The summed E-state index contributed by atoms with van der Waals surface area (Å²) in [5.74, 6) is 0.556. The first-order valence-corrected chi connectivity index (χ1v) is 11.0. The minimum absolute atomic E-state index is 0.0162. The predicted octanol–water partition coefficient (Wildman–Crippen LogP) is 5.52. The third kappa shape index (κ3) is 6.72. The van der Waals surface area contributed by atoms with Crippen LogP contribution in [0.1, 0.15) is 24.7 Å². The van der Waals surface area contributed by atoms with E-state index >= 15 is 0 Å². The summed E-state index contributed by atoms with van der Waals surface area (Å²) in [6.07, 6.45) is 2.34. The summed E-state index contributed by atoms with van der Waals surface area (Å²) in [4.78, 5) is 29.4. The summed E-state index contributed by atoms with van der Waals surface area (Å²) in [5.41, 5.74) is 1.68. The third-order valence-electron chi connectivity index (χ3n) is 4.72. The van der Waals surface area contributed by atoms with Crippen molar-refractivity contribution in [3.05, 3.63) is 88.8 Å². The molecule has 0 aliphatic carbocycles. The van der Waals surface area contributed by atoms with E-state index in [0.29, 0.717) is 31.1 Å². The largest absolute Gasteiger partial charge is 0.467 e. The van der Waals surface area contributed by atoms with Crippen molar-refractivity contribution in [3.63, 3.8) is 0 Å². The number of hydrogen-bond acceptors (Lipinski definition) is 3. The van der Waals surface area contributed by atoms with Gasteiger partial charge in [0.05, 0.1) is 18.5 Å². The normalized spacial score (nSPS) is 10.5. The highest BCUT2D eigenvalue weighted by atomic mass is 79.9. The zero-order chi connectivity index (χ0) is 22.1. The van der Waals surface area contributed by atoms with Crippen molar-refractivity contribution in [2.75, 3.05) is 18.4 Å². The highest BCUT2D eigenvalue weighted by Gasteiger charge is 2.22. The molecule has 3 amide bonds. The number of anilines is 1. The number of halogens is 1. The van der Waals surface area contributed by atoms with Gasteiger partial charge < -0.3 is 19.5 Å². The molecular formula is C24H26BrN3O3. The molecule has 162 valence electrons. The number of carbonyl (C=O) groups is 2. The van der Waals surface area contributed by atoms with Crippen molar-refractivity contribution in [3.8, 4) is 0 Å². The SMILES string of the molecule is CCCN(CC(=O)N(Cc1ccccc1)Cc1ccco1)C(=O)Nc1ccccc1Br. The van der Waals surface area contributed by atoms with Crippen LogP contribution in [0.15, 0.2) is 81.9 Å². The molecule has 3 rings (SSSR count). The quantitative estimate of drug-likeness (QED) is 0.435. The molecule has 0 radical (unpaired) electrons. The topological polar surface area (TPSA) is 65.8 Å². The van der Waals surface area contributed by atoms with E-state index in [1.165, 1.54) is 0 Å². The first-order chi connectivity index (χ1) is 15.1. The zero-order valence-corrected chi connectivity index (χ0v) is 19.0. The van der Waals surface area contributed by atoms with Crippen LogP contribution in [0.5, 0.6) is 0 Å². The van der Waals surface area contributed by atoms with Gasteiger partial charge in [-0.15, -0.1) is 0 Å². The number of nitrogens with one attached hydrogen (secondary N) is 1. The Labute approximate surface area is 191 Å². The van der Waals surface area contributed by atoms with Crippen molar-refractivity contribution in [1.82, 2.24) is 9.80 Å². The van der Waals surface area contributed by atoms with E-state index < -0.39 is 0 Å². The zero-order valence-electron chi connectivity index (χ0n) is 17.5. The Kier molecular flexibility index (Phi) is 8.29. The van der Waals surface area contributed by atoms with E-state index in [-0.39, 0.29) is 18.5 Å². The second-order valence-corrected chi connectivity index (χ2v) is 8.00. The summed E-state index contributed by atoms with van der Waals surface area (Å²) < 4.78 is 6.24. The Balaban J connectivity index is 1.73. The van der Waals surface area contributed by atoms with Crippen LogP contribution in [-0.2, 0) is 17.9 Å². The number of amides is 3. The van der Waals surface area contributed by atoms with Crippen LogP contribution >= 0.6 is 15.9 Å². The van der Waals surface area contributed by atoms with Gasteiger partial charge in [0.2, 0.25) is 5.91 Å². The maximum Gasteiger partial charge on any atom is 0.322 e. The minimum atomic E-state index is -0.306. The summed E-state index contributed by atoms with van der Waals surface area (Å²) in [6, 6.07) is 20.5. The third-order valence-corrected chi connectivity index (χ3v) is 5.41. The van der Waals surface area contributed by atoms with Crippen LogP contribution < -0.4 is 5.32 Å². The average Bonchev–Trinajstić information content (AvgIpc) is 3.28. The Morgan fingerprint density at radius 1 is 0.935 bits per heavy atom. The van der Waals surface area contributed by atoms with Crippen LogP contribution in [0, 0.1) is 0 Å². The molecule has 0 fully saturated rings. The molecule has 0 unspecified atom stereocenters. The van der Waals surface area contributed by atoms with E-state index in [1.54, 1.807) is 22.1 Å². The molecule has 0 saturated carbocycles. The molecule has 1 heterocycles. The molecule has 0 aliphatic rings. The predicted molar refractivity (Wildman–Crippen MR) is 124 cm³/mol. The molecule has 3 aromatic rings. The maximum absolute atomic E-state index is 13.2. The lowest BCUT2D eigenvalue weighted by molar-refractivity contribution is -0.133. The van der Waals surface area contributed by atoms with Crippen LogP contribution in [0.2, 0.25) is 0 Å². The Hall–Kier alpha value is -3.06. The molecule has 0 aliphatic heterocycles. The number of para-hydroxylation sites is 1. The smallest absolute Gasteiger partial charge is 0.322 e. The van der Waals surface area contributed by atoms with E-state index in [9.17, 15) is 9.59 Å². The number of benzene rings is 2. The summed E-state index contributed by atoms with van der Waals surface area (Å²) in [6.45, 7) is 3.21. The van der Waals surface area contributed by atoms with Crippen LogP contribution in [0.3, 0.4) is 0 Å². The number of urea groups is 1. The fourth-order valence-corrected chi connectivity index (χ4v) is 3.55. The number of nitrogens with zero attached hydrogens (tertiary/aromatic N) is 2. The Morgan fingerprint density at radius 2 is 1.68 bits per heavy atom. The minimum Gasteiger partial charge on any atom is -0.467 e. The molecule has 0 bridgehead atoms. The second-order valence-electron chi connectivity index (χ2n) is 7.15. The molecule has 0 spiro atoms. The Bertz CT molecular complexity index is 977. The molecule has 31 heavy (non-hydrogen) atoms. The molecule has 1 N–H and O–H groups in total. The lowest BCUT2D eigenvalue weighted by atomic mass is 10.2. The first kappa shape index (κ1) is 22.6. The van der Waals surface area contributed by atoms with Crippen molar-refractivity contribution < 1.29 is 14.0 Å². The van der Waals surface area contributed by atoms with Gasteiger partial charge in [-0.05, 0) is 52.2 Å². The van der Waals surface area contributed by atoms with Crippen molar-refractivity contribution in [2.45, 2.75) is 26.4 Å². The lowest BCUT2D eigenvalue weighted by Gasteiger charge is -2.27. The molecule has 1 aromatic heterocycles.